The van der Waals surface area contributed by atoms with Gasteiger partial charge in [-0.1, -0.05) is 48.5 Å². The molecule has 0 bridgehead atoms. The predicted octanol–water partition coefficient (Wildman–Crippen LogP) is 5.21. The minimum absolute atomic E-state index is 0.618. The normalized spacial score (nSPS) is 12.0. The minimum atomic E-state index is 0.618. The number of aryl methyl sites for hydroxylation is 2. The second kappa shape index (κ2) is 8.80. The molecule has 0 spiro atoms. The highest BCUT2D eigenvalue weighted by atomic mass is 32.1. The van der Waals surface area contributed by atoms with E-state index in [9.17, 15) is 0 Å². The van der Waals surface area contributed by atoms with Gasteiger partial charge in [0.25, 0.3) is 0 Å². The zero-order chi connectivity index (χ0) is 20.1. The van der Waals surface area contributed by atoms with E-state index in [0.717, 1.165) is 21.8 Å². The summed E-state index contributed by atoms with van der Waals surface area (Å²) in [6.45, 7) is 4.88. The van der Waals surface area contributed by atoms with Gasteiger partial charge in [0, 0.05) is 17.1 Å². The van der Waals surface area contributed by atoms with E-state index in [1.165, 1.54) is 16.7 Å². The SMILES string of the molecule is Cc1ccc(-c2csc(=NCc3ccccc3)n2N=Cc2ccccn2)cc1C. The van der Waals surface area contributed by atoms with Crippen LogP contribution in [0.5, 0.6) is 0 Å². The maximum absolute atomic E-state index is 4.82. The molecule has 5 heteroatoms. The molecule has 0 amide bonds. The van der Waals surface area contributed by atoms with Crippen LogP contribution >= 0.6 is 11.3 Å². The molecule has 144 valence electrons. The molecule has 2 heterocycles. The van der Waals surface area contributed by atoms with Crippen molar-refractivity contribution in [3.63, 3.8) is 0 Å². The predicted molar refractivity (Wildman–Crippen MR) is 120 cm³/mol. The lowest BCUT2D eigenvalue weighted by Crippen LogP contribution is -2.12. The Morgan fingerprint density at radius 3 is 2.55 bits per heavy atom. The van der Waals surface area contributed by atoms with Crippen LogP contribution in [-0.2, 0) is 6.54 Å². The highest BCUT2D eigenvalue weighted by Gasteiger charge is 2.08. The zero-order valence-corrected chi connectivity index (χ0v) is 17.3. The quantitative estimate of drug-likeness (QED) is 0.426. The van der Waals surface area contributed by atoms with Crippen LogP contribution in [0, 0.1) is 13.8 Å². The number of benzene rings is 2. The molecule has 0 N–H and O–H groups in total. The van der Waals surface area contributed by atoms with Gasteiger partial charge in [-0.2, -0.15) is 5.10 Å². The first kappa shape index (κ1) is 19.0. The van der Waals surface area contributed by atoms with Crippen molar-refractivity contribution in [2.24, 2.45) is 10.1 Å². The molecule has 4 aromatic rings. The van der Waals surface area contributed by atoms with Gasteiger partial charge < -0.3 is 0 Å². The Balaban J connectivity index is 1.77. The van der Waals surface area contributed by atoms with Crippen LogP contribution in [0.2, 0.25) is 0 Å². The fraction of sp³-hybridized carbons (Fsp3) is 0.125. The van der Waals surface area contributed by atoms with Crippen LogP contribution in [0.3, 0.4) is 0 Å². The first-order valence-corrected chi connectivity index (χ1v) is 10.4. The van der Waals surface area contributed by atoms with Crippen LogP contribution in [0.4, 0.5) is 0 Å². The summed E-state index contributed by atoms with van der Waals surface area (Å²) in [5, 5.41) is 6.84. The molecule has 0 saturated heterocycles. The molecule has 0 unspecified atom stereocenters. The van der Waals surface area contributed by atoms with Gasteiger partial charge in [-0.25, -0.2) is 4.68 Å². The van der Waals surface area contributed by atoms with Crippen molar-refractivity contribution in [1.82, 2.24) is 9.66 Å². The lowest BCUT2D eigenvalue weighted by atomic mass is 10.1. The van der Waals surface area contributed by atoms with E-state index in [2.05, 4.69) is 54.5 Å². The molecule has 2 aromatic heterocycles. The van der Waals surface area contributed by atoms with E-state index < -0.39 is 0 Å². The third-order valence-electron chi connectivity index (χ3n) is 4.72. The fourth-order valence-electron chi connectivity index (χ4n) is 2.93. The first-order valence-electron chi connectivity index (χ1n) is 9.49. The van der Waals surface area contributed by atoms with Gasteiger partial charge in [-0.05, 0) is 48.7 Å². The van der Waals surface area contributed by atoms with Crippen molar-refractivity contribution in [3.05, 3.63) is 105 Å². The van der Waals surface area contributed by atoms with Crippen molar-refractivity contribution < 1.29 is 0 Å². The number of hydrogen-bond acceptors (Lipinski definition) is 4. The monoisotopic (exact) mass is 398 g/mol. The van der Waals surface area contributed by atoms with Gasteiger partial charge in [-0.3, -0.25) is 9.98 Å². The lowest BCUT2D eigenvalue weighted by molar-refractivity contribution is 0.823. The van der Waals surface area contributed by atoms with Crippen molar-refractivity contribution in [2.45, 2.75) is 20.4 Å². The average Bonchev–Trinajstić information content (AvgIpc) is 3.17. The minimum Gasteiger partial charge on any atom is -0.255 e. The third kappa shape index (κ3) is 4.58. The maximum Gasteiger partial charge on any atom is 0.206 e. The molecule has 0 radical (unpaired) electrons. The molecule has 2 aromatic carbocycles. The second-order valence-electron chi connectivity index (χ2n) is 6.82. The highest BCUT2D eigenvalue weighted by Crippen LogP contribution is 2.23. The Kier molecular flexibility index (Phi) is 5.77. The van der Waals surface area contributed by atoms with Crippen LogP contribution in [0.25, 0.3) is 11.3 Å². The second-order valence-corrected chi connectivity index (χ2v) is 7.65. The summed E-state index contributed by atoms with van der Waals surface area (Å²) in [5.41, 5.74) is 6.68. The highest BCUT2D eigenvalue weighted by molar-refractivity contribution is 7.07. The van der Waals surface area contributed by atoms with Gasteiger partial charge in [0.2, 0.25) is 4.80 Å². The molecule has 0 aliphatic rings. The number of hydrogen-bond donors (Lipinski definition) is 0. The van der Waals surface area contributed by atoms with Crippen molar-refractivity contribution in [3.8, 4) is 11.3 Å². The van der Waals surface area contributed by atoms with E-state index in [1.807, 2.05) is 41.1 Å². The Hall–Kier alpha value is -3.31. The summed E-state index contributed by atoms with van der Waals surface area (Å²) in [4.78, 5) is 10.0. The summed E-state index contributed by atoms with van der Waals surface area (Å²) in [7, 11) is 0. The summed E-state index contributed by atoms with van der Waals surface area (Å²) < 4.78 is 1.91. The van der Waals surface area contributed by atoms with Crippen molar-refractivity contribution in [2.75, 3.05) is 0 Å². The van der Waals surface area contributed by atoms with E-state index in [1.54, 1.807) is 23.7 Å². The van der Waals surface area contributed by atoms with Gasteiger partial charge in [0.05, 0.1) is 24.1 Å². The van der Waals surface area contributed by atoms with Crippen LogP contribution in [0.15, 0.2) is 88.4 Å². The van der Waals surface area contributed by atoms with Crippen molar-refractivity contribution >= 4 is 17.6 Å². The van der Waals surface area contributed by atoms with E-state index in [4.69, 9.17) is 10.1 Å². The van der Waals surface area contributed by atoms with Crippen LogP contribution in [-0.4, -0.2) is 15.9 Å². The Bertz CT molecular complexity index is 1190. The molecule has 4 nitrogen and oxygen atoms in total. The Morgan fingerprint density at radius 1 is 0.966 bits per heavy atom. The van der Waals surface area contributed by atoms with Gasteiger partial charge in [-0.15, -0.1) is 11.3 Å². The smallest absolute Gasteiger partial charge is 0.206 e. The summed E-state index contributed by atoms with van der Waals surface area (Å²) in [6.07, 6.45) is 3.55. The molecule has 0 fully saturated rings. The van der Waals surface area contributed by atoms with Crippen molar-refractivity contribution in [1.29, 1.82) is 0 Å². The van der Waals surface area contributed by atoms with Gasteiger partial charge in [0.1, 0.15) is 0 Å². The molecule has 4 rings (SSSR count). The number of nitrogens with zero attached hydrogens (tertiary/aromatic N) is 4. The molecule has 0 atom stereocenters. The molecule has 0 saturated carbocycles. The number of aromatic nitrogens is 2. The average molecular weight is 399 g/mol. The molecular formula is C24H22N4S. The third-order valence-corrected chi connectivity index (χ3v) is 5.57. The molecule has 0 aliphatic heterocycles. The molecular weight excluding hydrogens is 376 g/mol. The van der Waals surface area contributed by atoms with Crippen LogP contribution < -0.4 is 4.80 Å². The van der Waals surface area contributed by atoms with E-state index in [-0.39, 0.29) is 0 Å². The van der Waals surface area contributed by atoms with Gasteiger partial charge >= 0.3 is 0 Å². The fourth-order valence-corrected chi connectivity index (χ4v) is 3.77. The van der Waals surface area contributed by atoms with E-state index >= 15 is 0 Å². The number of pyridine rings is 1. The standard InChI is InChI=1S/C24H22N4S/c1-18-11-12-21(14-19(18)2)23-17-29-24(26-15-20-8-4-3-5-9-20)28(23)27-16-22-10-6-7-13-25-22/h3-14,16-17H,15H2,1-2H3. The largest absolute Gasteiger partial charge is 0.255 e. The van der Waals surface area contributed by atoms with Crippen LogP contribution in [0.1, 0.15) is 22.4 Å². The zero-order valence-electron chi connectivity index (χ0n) is 16.5. The Labute approximate surface area is 174 Å². The topological polar surface area (TPSA) is 42.5 Å². The lowest BCUT2D eigenvalue weighted by Gasteiger charge is -2.06. The summed E-state index contributed by atoms with van der Waals surface area (Å²) in [5.74, 6) is 0. The van der Waals surface area contributed by atoms with E-state index in [0.29, 0.717) is 6.54 Å². The first-order chi connectivity index (χ1) is 14.2. The summed E-state index contributed by atoms with van der Waals surface area (Å²) in [6, 6.07) is 22.5. The summed E-state index contributed by atoms with van der Waals surface area (Å²) >= 11 is 1.60. The molecule has 29 heavy (non-hydrogen) atoms. The molecule has 0 aliphatic carbocycles. The Morgan fingerprint density at radius 2 is 1.79 bits per heavy atom. The maximum atomic E-state index is 4.82. The van der Waals surface area contributed by atoms with Gasteiger partial charge in [0.15, 0.2) is 0 Å². The number of thiazole rings is 1. The number of rotatable bonds is 5.